The fraction of sp³-hybridized carbons (Fsp3) is 0.529. The average Bonchev–Trinajstić information content (AvgIpc) is 3.38. The number of carboxylic acid groups (broad SMARTS) is 1. The van der Waals surface area contributed by atoms with Gasteiger partial charge < -0.3 is 37.1 Å². The minimum atomic E-state index is -1.54. The number of amides is 4. The Bertz CT molecular complexity index is 776. The monoisotopic (exact) mass is 423 g/mol. The molecule has 1 aromatic rings. The molecule has 2 rings (SSSR count). The zero-order valence-electron chi connectivity index (χ0n) is 16.1. The zero-order chi connectivity index (χ0) is 22.1. The highest BCUT2D eigenvalue weighted by Gasteiger charge is 2.28. The number of hydrogen-bond acceptors (Lipinski definition) is 7. The SMILES string of the molecule is NC(=O)CC(NC(=O)C(Cc1cnc[nH]1)NC(=O)CNC(=O)C1CCCN1)C(=O)O. The van der Waals surface area contributed by atoms with Gasteiger partial charge in [-0.3, -0.25) is 19.2 Å². The van der Waals surface area contributed by atoms with Gasteiger partial charge in [0.2, 0.25) is 23.6 Å². The number of imidazole rings is 1. The van der Waals surface area contributed by atoms with E-state index in [1.165, 1.54) is 12.5 Å². The standard InChI is InChI=1S/C17H25N7O6/c18-13(25)5-12(17(29)30)24-16(28)11(4-9-6-19-8-22-9)23-14(26)7-21-15(27)10-2-1-3-20-10/h6,8,10-12,20H,1-5,7H2,(H2,18,25)(H,19,22)(H,21,27)(H,23,26)(H,24,28)(H,29,30). The van der Waals surface area contributed by atoms with E-state index in [2.05, 4.69) is 31.2 Å². The lowest BCUT2D eigenvalue weighted by molar-refractivity contribution is -0.143. The van der Waals surface area contributed by atoms with Crippen LogP contribution >= 0.6 is 0 Å². The highest BCUT2D eigenvalue weighted by molar-refractivity contribution is 5.93. The molecule has 8 N–H and O–H groups in total. The minimum absolute atomic E-state index is 0.0153. The van der Waals surface area contributed by atoms with Crippen molar-refractivity contribution in [2.24, 2.45) is 5.73 Å². The highest BCUT2D eigenvalue weighted by atomic mass is 16.4. The van der Waals surface area contributed by atoms with Crippen molar-refractivity contribution in [2.75, 3.05) is 13.1 Å². The summed E-state index contributed by atoms with van der Waals surface area (Å²) < 4.78 is 0. The molecule has 0 bridgehead atoms. The van der Waals surface area contributed by atoms with Crippen LogP contribution in [0.3, 0.4) is 0 Å². The summed E-state index contributed by atoms with van der Waals surface area (Å²) in [6, 6.07) is -3.06. The van der Waals surface area contributed by atoms with Crippen LogP contribution in [0.1, 0.15) is 25.0 Å². The largest absolute Gasteiger partial charge is 0.480 e. The van der Waals surface area contributed by atoms with Gasteiger partial charge in [-0.15, -0.1) is 0 Å². The number of carbonyl (C=O) groups excluding carboxylic acids is 4. The molecular weight excluding hydrogens is 398 g/mol. The molecule has 0 radical (unpaired) electrons. The van der Waals surface area contributed by atoms with Crippen LogP contribution in [-0.2, 0) is 30.4 Å². The van der Waals surface area contributed by atoms with Gasteiger partial charge in [-0.2, -0.15) is 0 Å². The lowest BCUT2D eigenvalue weighted by Crippen LogP contribution is -2.55. The molecule has 3 unspecified atom stereocenters. The lowest BCUT2D eigenvalue weighted by Gasteiger charge is -2.21. The maximum Gasteiger partial charge on any atom is 0.326 e. The summed E-state index contributed by atoms with van der Waals surface area (Å²) in [6.07, 6.45) is 3.75. The van der Waals surface area contributed by atoms with Crippen LogP contribution < -0.4 is 27.0 Å². The van der Waals surface area contributed by atoms with Gasteiger partial charge in [-0.1, -0.05) is 0 Å². The number of primary amides is 1. The first-order chi connectivity index (χ1) is 14.3. The van der Waals surface area contributed by atoms with Crippen LogP contribution in [0.25, 0.3) is 0 Å². The Morgan fingerprint density at radius 3 is 2.57 bits per heavy atom. The second kappa shape index (κ2) is 10.9. The van der Waals surface area contributed by atoms with E-state index in [0.29, 0.717) is 12.1 Å². The Morgan fingerprint density at radius 1 is 1.23 bits per heavy atom. The van der Waals surface area contributed by atoms with Crippen molar-refractivity contribution in [1.29, 1.82) is 0 Å². The van der Waals surface area contributed by atoms with Gasteiger partial charge in [0.05, 0.1) is 25.3 Å². The van der Waals surface area contributed by atoms with Crippen LogP contribution in [0.5, 0.6) is 0 Å². The van der Waals surface area contributed by atoms with Crippen molar-refractivity contribution in [3.63, 3.8) is 0 Å². The summed E-state index contributed by atoms with van der Waals surface area (Å²) >= 11 is 0. The number of hydrogen-bond donors (Lipinski definition) is 7. The smallest absolute Gasteiger partial charge is 0.326 e. The average molecular weight is 423 g/mol. The van der Waals surface area contributed by atoms with Gasteiger partial charge in [0.15, 0.2) is 0 Å². The van der Waals surface area contributed by atoms with E-state index in [1.54, 1.807) is 0 Å². The van der Waals surface area contributed by atoms with Crippen LogP contribution in [0.4, 0.5) is 0 Å². The molecule has 2 heterocycles. The first-order valence-electron chi connectivity index (χ1n) is 9.35. The lowest BCUT2D eigenvalue weighted by atomic mass is 10.1. The number of rotatable bonds is 11. The Balaban J connectivity index is 1.98. The second-order valence-electron chi connectivity index (χ2n) is 6.84. The number of carbonyl (C=O) groups is 5. The molecule has 0 aromatic carbocycles. The van der Waals surface area contributed by atoms with E-state index in [0.717, 1.165) is 13.0 Å². The molecule has 0 spiro atoms. The van der Waals surface area contributed by atoms with Crippen molar-refractivity contribution < 1.29 is 29.1 Å². The maximum atomic E-state index is 12.6. The number of aliphatic carboxylic acids is 1. The van der Waals surface area contributed by atoms with Gasteiger partial charge >= 0.3 is 5.97 Å². The fourth-order valence-electron chi connectivity index (χ4n) is 2.94. The number of H-pyrrole nitrogens is 1. The van der Waals surface area contributed by atoms with Gasteiger partial charge in [0.25, 0.3) is 0 Å². The molecule has 4 amide bonds. The first-order valence-corrected chi connectivity index (χ1v) is 9.35. The number of nitrogens with two attached hydrogens (primary N) is 1. The van der Waals surface area contributed by atoms with E-state index < -0.39 is 42.2 Å². The third-order valence-electron chi connectivity index (χ3n) is 4.45. The third-order valence-corrected chi connectivity index (χ3v) is 4.45. The van der Waals surface area contributed by atoms with E-state index in [-0.39, 0.29) is 24.9 Å². The fourth-order valence-corrected chi connectivity index (χ4v) is 2.94. The maximum absolute atomic E-state index is 12.6. The molecule has 164 valence electrons. The van der Waals surface area contributed by atoms with Gasteiger partial charge in [0, 0.05) is 18.3 Å². The Hall–Kier alpha value is -3.48. The number of aromatic amines is 1. The topological polar surface area (TPSA) is 208 Å². The predicted octanol–water partition coefficient (Wildman–Crippen LogP) is -3.25. The Morgan fingerprint density at radius 2 is 2.00 bits per heavy atom. The second-order valence-corrected chi connectivity index (χ2v) is 6.84. The van der Waals surface area contributed by atoms with Crippen molar-refractivity contribution in [1.82, 2.24) is 31.2 Å². The Kier molecular flexibility index (Phi) is 8.29. The molecule has 1 aromatic heterocycles. The zero-order valence-corrected chi connectivity index (χ0v) is 16.1. The number of nitrogens with zero attached hydrogens (tertiary/aromatic N) is 1. The van der Waals surface area contributed by atoms with E-state index in [4.69, 9.17) is 10.8 Å². The highest BCUT2D eigenvalue weighted by Crippen LogP contribution is 2.04. The molecule has 0 aliphatic carbocycles. The summed E-state index contributed by atoms with van der Waals surface area (Å²) in [7, 11) is 0. The van der Waals surface area contributed by atoms with Gasteiger partial charge in [0.1, 0.15) is 12.1 Å². The van der Waals surface area contributed by atoms with Crippen molar-refractivity contribution >= 4 is 29.6 Å². The first kappa shape index (κ1) is 22.8. The van der Waals surface area contributed by atoms with Crippen LogP contribution in [0.2, 0.25) is 0 Å². The molecule has 1 saturated heterocycles. The van der Waals surface area contributed by atoms with E-state index >= 15 is 0 Å². The third kappa shape index (κ3) is 7.16. The number of carboxylic acids is 1. The summed E-state index contributed by atoms with van der Waals surface area (Å²) in [5, 5.41) is 19.3. The molecule has 1 aliphatic heterocycles. The van der Waals surface area contributed by atoms with Crippen molar-refractivity contribution in [2.45, 2.75) is 43.8 Å². The summed E-state index contributed by atoms with van der Waals surface area (Å²) in [5.74, 6) is -4.12. The van der Waals surface area contributed by atoms with Gasteiger partial charge in [-0.05, 0) is 19.4 Å². The molecular formula is C17H25N7O6. The molecule has 13 nitrogen and oxygen atoms in total. The molecule has 3 atom stereocenters. The van der Waals surface area contributed by atoms with Crippen molar-refractivity contribution in [3.8, 4) is 0 Å². The normalized spacial score (nSPS) is 17.5. The molecule has 0 saturated carbocycles. The van der Waals surface area contributed by atoms with E-state index in [9.17, 15) is 24.0 Å². The molecule has 30 heavy (non-hydrogen) atoms. The molecule has 13 heteroatoms. The summed E-state index contributed by atoms with van der Waals surface area (Å²) in [4.78, 5) is 65.7. The summed E-state index contributed by atoms with van der Waals surface area (Å²) in [6.45, 7) is 0.375. The minimum Gasteiger partial charge on any atom is -0.480 e. The quantitative estimate of drug-likeness (QED) is 0.192. The molecule has 1 fully saturated rings. The Labute approximate surface area is 171 Å². The predicted molar refractivity (Wildman–Crippen MR) is 102 cm³/mol. The summed E-state index contributed by atoms with van der Waals surface area (Å²) in [5.41, 5.74) is 5.52. The van der Waals surface area contributed by atoms with Crippen LogP contribution in [-0.4, -0.2) is 75.9 Å². The van der Waals surface area contributed by atoms with Crippen LogP contribution in [0.15, 0.2) is 12.5 Å². The number of nitrogens with one attached hydrogen (secondary N) is 5. The van der Waals surface area contributed by atoms with Gasteiger partial charge in [-0.25, -0.2) is 9.78 Å². The van der Waals surface area contributed by atoms with Crippen molar-refractivity contribution in [3.05, 3.63) is 18.2 Å². The van der Waals surface area contributed by atoms with E-state index in [1.807, 2.05) is 0 Å². The van der Waals surface area contributed by atoms with Crippen LogP contribution in [0, 0.1) is 0 Å². The number of aromatic nitrogens is 2. The molecule has 1 aliphatic rings.